The van der Waals surface area contributed by atoms with Gasteiger partial charge in [-0.05, 0) is 43.5 Å². The van der Waals surface area contributed by atoms with E-state index in [0.29, 0.717) is 45.7 Å². The first-order valence-electron chi connectivity index (χ1n) is 8.62. The Labute approximate surface area is 180 Å². The average Bonchev–Trinajstić information content (AvgIpc) is 2.91. The number of thiophene rings is 1. The fraction of sp³-hybridized carbons (Fsp3) is 0.316. The number of carbonyl (C=O) groups is 1. The van der Waals surface area contributed by atoms with Crippen molar-refractivity contribution in [2.24, 2.45) is 0 Å². The van der Waals surface area contributed by atoms with Crippen molar-refractivity contribution >= 4 is 62.4 Å². The number of amides is 1. The summed E-state index contributed by atoms with van der Waals surface area (Å²) in [7, 11) is 0. The molecule has 0 unspecified atom stereocenters. The third-order valence-electron chi connectivity index (χ3n) is 4.29. The van der Waals surface area contributed by atoms with Crippen LogP contribution in [0.5, 0.6) is 0 Å². The van der Waals surface area contributed by atoms with Gasteiger partial charge in [-0.15, -0.1) is 23.1 Å². The Morgan fingerprint density at radius 3 is 2.86 bits per heavy atom. The Hall–Kier alpha value is -1.54. The van der Waals surface area contributed by atoms with Crippen LogP contribution < -0.4 is 10.9 Å². The maximum Gasteiger partial charge on any atom is 0.259 e. The summed E-state index contributed by atoms with van der Waals surface area (Å²) in [5.41, 5.74) is 1.80. The van der Waals surface area contributed by atoms with E-state index in [4.69, 9.17) is 23.2 Å². The molecule has 0 aliphatic carbocycles. The van der Waals surface area contributed by atoms with Crippen molar-refractivity contribution in [3.05, 3.63) is 60.4 Å². The van der Waals surface area contributed by atoms with Crippen molar-refractivity contribution in [2.45, 2.75) is 26.0 Å². The summed E-state index contributed by atoms with van der Waals surface area (Å²) in [6.07, 6.45) is 0.634. The third-order valence-corrected chi connectivity index (χ3v) is 6.92. The van der Waals surface area contributed by atoms with E-state index in [1.807, 2.05) is 19.9 Å². The van der Waals surface area contributed by atoms with Crippen LogP contribution in [-0.2, 0) is 17.0 Å². The molecule has 0 aliphatic rings. The lowest BCUT2D eigenvalue weighted by Crippen LogP contribution is -2.27. The number of aryl methyl sites for hydroxylation is 2. The molecule has 5 nitrogen and oxygen atoms in total. The molecule has 0 spiro atoms. The van der Waals surface area contributed by atoms with E-state index in [2.05, 4.69) is 15.3 Å². The number of thioether (sulfide) groups is 1. The van der Waals surface area contributed by atoms with Crippen LogP contribution in [0.25, 0.3) is 10.2 Å². The predicted octanol–water partition coefficient (Wildman–Crippen LogP) is 4.50. The van der Waals surface area contributed by atoms with E-state index in [-0.39, 0.29) is 11.5 Å². The lowest BCUT2D eigenvalue weighted by Gasteiger charge is -2.07. The van der Waals surface area contributed by atoms with Crippen LogP contribution in [0.2, 0.25) is 10.0 Å². The zero-order chi connectivity index (χ0) is 20.3. The van der Waals surface area contributed by atoms with E-state index >= 15 is 0 Å². The Morgan fingerprint density at radius 2 is 2.11 bits per heavy atom. The topological polar surface area (TPSA) is 74.8 Å². The first-order valence-corrected chi connectivity index (χ1v) is 11.3. The molecule has 1 amide bonds. The van der Waals surface area contributed by atoms with Gasteiger partial charge in [-0.2, -0.15) is 0 Å². The minimum absolute atomic E-state index is 0.0682. The molecule has 0 radical (unpaired) electrons. The molecule has 0 fully saturated rings. The molecule has 148 valence electrons. The van der Waals surface area contributed by atoms with E-state index < -0.39 is 0 Å². The summed E-state index contributed by atoms with van der Waals surface area (Å²) in [5.74, 6) is 1.28. The van der Waals surface area contributed by atoms with Crippen LogP contribution in [0.3, 0.4) is 0 Å². The number of nitrogens with one attached hydrogen (secondary N) is 2. The largest absolute Gasteiger partial charge is 0.355 e. The standard InChI is InChI=1S/C19H19Cl2N3O2S2/c1-10-11(2)28-19-17(10)18(26)23-15(24-19)8-27-9-16(25)22-6-5-12-3-4-13(20)7-14(12)21/h3-4,7H,5-6,8-9H2,1-2H3,(H,22,25)(H,23,24,26). The van der Waals surface area contributed by atoms with Crippen LogP contribution in [0, 0.1) is 13.8 Å². The molecule has 0 aliphatic heterocycles. The van der Waals surface area contributed by atoms with E-state index in [1.165, 1.54) is 23.1 Å². The van der Waals surface area contributed by atoms with Gasteiger partial charge in [0.25, 0.3) is 5.56 Å². The maximum absolute atomic E-state index is 12.3. The van der Waals surface area contributed by atoms with Crippen molar-refractivity contribution in [1.82, 2.24) is 15.3 Å². The number of aromatic amines is 1. The fourth-order valence-corrected chi connectivity index (χ4v) is 4.99. The van der Waals surface area contributed by atoms with Crippen molar-refractivity contribution in [3.63, 3.8) is 0 Å². The number of aromatic nitrogens is 2. The number of hydrogen-bond donors (Lipinski definition) is 2. The lowest BCUT2D eigenvalue weighted by molar-refractivity contribution is -0.118. The Balaban J connectivity index is 1.47. The van der Waals surface area contributed by atoms with E-state index in [1.54, 1.807) is 12.1 Å². The van der Waals surface area contributed by atoms with Gasteiger partial charge in [0.2, 0.25) is 5.91 Å². The van der Waals surface area contributed by atoms with Crippen molar-refractivity contribution in [1.29, 1.82) is 0 Å². The highest BCUT2D eigenvalue weighted by atomic mass is 35.5. The van der Waals surface area contributed by atoms with Crippen LogP contribution in [0.4, 0.5) is 0 Å². The Morgan fingerprint density at radius 1 is 1.32 bits per heavy atom. The molecule has 0 saturated carbocycles. The minimum atomic E-state index is -0.119. The monoisotopic (exact) mass is 455 g/mol. The third kappa shape index (κ3) is 5.08. The SMILES string of the molecule is Cc1sc2nc(CSCC(=O)NCCc3ccc(Cl)cc3Cl)[nH]c(=O)c2c1C. The van der Waals surface area contributed by atoms with Gasteiger partial charge >= 0.3 is 0 Å². The van der Waals surface area contributed by atoms with Crippen LogP contribution in [0.1, 0.15) is 21.8 Å². The van der Waals surface area contributed by atoms with Crippen LogP contribution >= 0.6 is 46.3 Å². The normalized spacial score (nSPS) is 11.1. The second kappa shape index (κ2) is 9.31. The van der Waals surface area contributed by atoms with Gasteiger partial charge in [0.05, 0.1) is 16.9 Å². The van der Waals surface area contributed by atoms with Gasteiger partial charge in [0.1, 0.15) is 10.7 Å². The van der Waals surface area contributed by atoms with Crippen molar-refractivity contribution < 1.29 is 4.79 Å². The smallest absolute Gasteiger partial charge is 0.259 e. The molecule has 2 heterocycles. The minimum Gasteiger partial charge on any atom is -0.355 e. The molecule has 1 aromatic carbocycles. The number of hydrogen-bond acceptors (Lipinski definition) is 5. The van der Waals surface area contributed by atoms with Crippen LogP contribution in [-0.4, -0.2) is 28.2 Å². The average molecular weight is 456 g/mol. The number of fused-ring (bicyclic) bond motifs is 1. The van der Waals surface area contributed by atoms with Gasteiger partial charge in [-0.1, -0.05) is 29.3 Å². The molecular weight excluding hydrogens is 437 g/mol. The number of rotatable bonds is 7. The highest BCUT2D eigenvalue weighted by Crippen LogP contribution is 2.26. The molecule has 9 heteroatoms. The number of H-pyrrole nitrogens is 1. The molecule has 3 rings (SSSR count). The van der Waals surface area contributed by atoms with E-state index in [9.17, 15) is 9.59 Å². The summed E-state index contributed by atoms with van der Waals surface area (Å²) in [4.78, 5) is 33.5. The van der Waals surface area contributed by atoms with Gasteiger partial charge in [0, 0.05) is 21.5 Å². The molecule has 2 aromatic heterocycles. The summed E-state index contributed by atoms with van der Waals surface area (Å²) >= 11 is 14.9. The van der Waals surface area contributed by atoms with Gasteiger partial charge in [0.15, 0.2) is 0 Å². The molecule has 3 aromatic rings. The quantitative estimate of drug-likeness (QED) is 0.549. The number of benzene rings is 1. The predicted molar refractivity (Wildman–Crippen MR) is 119 cm³/mol. The molecular formula is C19H19Cl2N3O2S2. The van der Waals surface area contributed by atoms with E-state index in [0.717, 1.165) is 20.8 Å². The second-order valence-electron chi connectivity index (χ2n) is 6.30. The Bertz CT molecular complexity index is 1080. The highest BCUT2D eigenvalue weighted by molar-refractivity contribution is 7.99. The van der Waals surface area contributed by atoms with Gasteiger partial charge < -0.3 is 10.3 Å². The lowest BCUT2D eigenvalue weighted by atomic mass is 10.1. The molecule has 0 atom stereocenters. The second-order valence-corrected chi connectivity index (χ2v) is 9.34. The summed E-state index contributed by atoms with van der Waals surface area (Å²) in [5, 5.41) is 4.72. The zero-order valence-electron chi connectivity index (χ0n) is 15.4. The number of carbonyl (C=O) groups excluding carboxylic acids is 1. The summed E-state index contributed by atoms with van der Waals surface area (Å²) in [6, 6.07) is 5.33. The highest BCUT2D eigenvalue weighted by Gasteiger charge is 2.12. The molecule has 28 heavy (non-hydrogen) atoms. The first-order chi connectivity index (χ1) is 13.3. The zero-order valence-corrected chi connectivity index (χ0v) is 18.5. The first kappa shape index (κ1) is 21.2. The number of nitrogens with zero attached hydrogens (tertiary/aromatic N) is 1. The summed E-state index contributed by atoms with van der Waals surface area (Å²) in [6.45, 7) is 4.41. The van der Waals surface area contributed by atoms with Crippen molar-refractivity contribution in [2.75, 3.05) is 12.3 Å². The molecule has 0 bridgehead atoms. The molecule has 0 saturated heterocycles. The fourth-order valence-electron chi connectivity index (χ4n) is 2.72. The number of halogens is 2. The van der Waals surface area contributed by atoms with Crippen LogP contribution in [0.15, 0.2) is 23.0 Å². The molecule has 2 N–H and O–H groups in total. The maximum atomic E-state index is 12.3. The van der Waals surface area contributed by atoms with Gasteiger partial charge in [-0.3, -0.25) is 9.59 Å². The van der Waals surface area contributed by atoms with Gasteiger partial charge in [-0.25, -0.2) is 4.98 Å². The van der Waals surface area contributed by atoms with Crippen molar-refractivity contribution in [3.8, 4) is 0 Å². The Kier molecular flexibility index (Phi) is 7.04. The summed E-state index contributed by atoms with van der Waals surface area (Å²) < 4.78 is 0.